The molecule has 0 spiro atoms. The predicted molar refractivity (Wildman–Crippen MR) is 97.3 cm³/mol. The summed E-state index contributed by atoms with van der Waals surface area (Å²) in [4.78, 5) is 23.6. The van der Waals surface area contributed by atoms with Crippen molar-refractivity contribution in [3.05, 3.63) is 59.7 Å². The molecule has 0 bridgehead atoms. The van der Waals surface area contributed by atoms with Gasteiger partial charge in [-0.25, -0.2) is 5.43 Å². The summed E-state index contributed by atoms with van der Waals surface area (Å²) in [6, 6.07) is 15.2. The van der Waals surface area contributed by atoms with Crippen molar-refractivity contribution in [3.8, 4) is 11.8 Å². The van der Waals surface area contributed by atoms with Crippen molar-refractivity contribution in [1.82, 2.24) is 10.9 Å². The molecule has 26 heavy (non-hydrogen) atoms. The van der Waals surface area contributed by atoms with Crippen LogP contribution < -0.4 is 20.9 Å². The number of nitrogens with one attached hydrogen (secondary N) is 3. The highest BCUT2D eigenvalue weighted by molar-refractivity contribution is 5.98. The Labute approximate surface area is 151 Å². The number of rotatable bonds is 7. The van der Waals surface area contributed by atoms with Crippen LogP contribution in [0, 0.1) is 11.3 Å². The number of hydrazine groups is 1. The molecule has 2 rings (SSSR count). The molecule has 0 saturated carbocycles. The number of carbonyl (C=O) groups excluding carboxylic acids is 2. The predicted octanol–water partition coefficient (Wildman–Crippen LogP) is 2.54. The van der Waals surface area contributed by atoms with Gasteiger partial charge in [0, 0.05) is 18.7 Å². The first kappa shape index (κ1) is 19.0. The molecule has 134 valence electrons. The molecule has 0 aromatic heterocycles. The maximum absolute atomic E-state index is 12.5. The van der Waals surface area contributed by atoms with Gasteiger partial charge < -0.3 is 10.1 Å². The van der Waals surface area contributed by atoms with E-state index in [1.165, 1.54) is 6.92 Å². The summed E-state index contributed by atoms with van der Waals surface area (Å²) in [5.41, 5.74) is 6.80. The zero-order valence-corrected chi connectivity index (χ0v) is 14.6. The molecule has 3 N–H and O–H groups in total. The standard InChI is InChI=1S/C19H20N4O3/c1-3-26-18-11-15(21-13(2)24)9-10-16(18)19(25)23-22-17(12-20)14-7-5-4-6-8-14/h4-11,17,22H,3H2,1-2H3,(H,21,24)(H,23,25)/t17-/m0/s1. The van der Waals surface area contributed by atoms with Gasteiger partial charge in [0.15, 0.2) is 0 Å². The monoisotopic (exact) mass is 352 g/mol. The van der Waals surface area contributed by atoms with Crippen LogP contribution in [0.4, 0.5) is 5.69 Å². The summed E-state index contributed by atoms with van der Waals surface area (Å²) in [5, 5.41) is 11.9. The number of nitriles is 1. The van der Waals surface area contributed by atoms with Crippen LogP contribution in [-0.4, -0.2) is 18.4 Å². The lowest BCUT2D eigenvalue weighted by molar-refractivity contribution is -0.114. The Morgan fingerprint density at radius 3 is 2.54 bits per heavy atom. The Balaban J connectivity index is 2.13. The van der Waals surface area contributed by atoms with Gasteiger partial charge in [-0.15, -0.1) is 0 Å². The summed E-state index contributed by atoms with van der Waals surface area (Å²) in [6.45, 7) is 3.56. The molecular weight excluding hydrogens is 332 g/mol. The van der Waals surface area contributed by atoms with E-state index in [4.69, 9.17) is 4.74 Å². The van der Waals surface area contributed by atoms with Crippen LogP contribution in [-0.2, 0) is 4.79 Å². The summed E-state index contributed by atoms with van der Waals surface area (Å²) >= 11 is 0. The van der Waals surface area contributed by atoms with Crippen molar-refractivity contribution in [2.75, 3.05) is 11.9 Å². The molecule has 0 aliphatic rings. The van der Waals surface area contributed by atoms with E-state index in [1.807, 2.05) is 18.2 Å². The highest BCUT2D eigenvalue weighted by atomic mass is 16.5. The van der Waals surface area contributed by atoms with Crippen molar-refractivity contribution in [2.45, 2.75) is 19.9 Å². The third-order valence-corrected chi connectivity index (χ3v) is 3.44. The molecule has 0 aliphatic heterocycles. The van der Waals surface area contributed by atoms with Crippen molar-refractivity contribution < 1.29 is 14.3 Å². The van der Waals surface area contributed by atoms with Gasteiger partial charge in [-0.05, 0) is 24.6 Å². The zero-order valence-electron chi connectivity index (χ0n) is 14.6. The van der Waals surface area contributed by atoms with E-state index in [2.05, 4.69) is 22.2 Å². The summed E-state index contributed by atoms with van der Waals surface area (Å²) in [6.07, 6.45) is 0. The molecule has 0 radical (unpaired) electrons. The van der Waals surface area contributed by atoms with Crippen LogP contribution in [0.15, 0.2) is 48.5 Å². The van der Waals surface area contributed by atoms with Crippen molar-refractivity contribution in [2.24, 2.45) is 0 Å². The van der Waals surface area contributed by atoms with Crippen LogP contribution in [0.3, 0.4) is 0 Å². The number of hydrogen-bond donors (Lipinski definition) is 3. The molecule has 0 aliphatic carbocycles. The topological polar surface area (TPSA) is 103 Å². The number of amides is 2. The maximum Gasteiger partial charge on any atom is 0.269 e. The van der Waals surface area contributed by atoms with Gasteiger partial charge in [0.2, 0.25) is 5.91 Å². The van der Waals surface area contributed by atoms with E-state index < -0.39 is 11.9 Å². The molecule has 7 nitrogen and oxygen atoms in total. The lowest BCUT2D eigenvalue weighted by Gasteiger charge is -2.15. The van der Waals surface area contributed by atoms with E-state index in [0.29, 0.717) is 23.6 Å². The lowest BCUT2D eigenvalue weighted by Crippen LogP contribution is -2.39. The van der Waals surface area contributed by atoms with E-state index in [-0.39, 0.29) is 5.91 Å². The van der Waals surface area contributed by atoms with Gasteiger partial charge in [0.25, 0.3) is 5.91 Å². The molecule has 0 fully saturated rings. The van der Waals surface area contributed by atoms with E-state index in [0.717, 1.165) is 5.56 Å². The van der Waals surface area contributed by atoms with Crippen LogP contribution in [0.25, 0.3) is 0 Å². The second kappa shape index (κ2) is 9.20. The van der Waals surface area contributed by atoms with E-state index >= 15 is 0 Å². The van der Waals surface area contributed by atoms with Crippen LogP contribution in [0.1, 0.15) is 35.8 Å². The fourth-order valence-corrected chi connectivity index (χ4v) is 2.31. The van der Waals surface area contributed by atoms with E-state index in [9.17, 15) is 14.9 Å². The Morgan fingerprint density at radius 1 is 1.19 bits per heavy atom. The van der Waals surface area contributed by atoms with E-state index in [1.54, 1.807) is 37.3 Å². The van der Waals surface area contributed by atoms with Gasteiger partial charge >= 0.3 is 0 Å². The maximum atomic E-state index is 12.5. The first-order chi connectivity index (χ1) is 12.5. The Morgan fingerprint density at radius 2 is 1.92 bits per heavy atom. The second-order valence-corrected chi connectivity index (χ2v) is 5.40. The molecule has 2 aromatic carbocycles. The average molecular weight is 352 g/mol. The van der Waals surface area contributed by atoms with Crippen LogP contribution >= 0.6 is 0 Å². The smallest absolute Gasteiger partial charge is 0.269 e. The fraction of sp³-hybridized carbons (Fsp3) is 0.211. The number of ether oxygens (including phenoxy) is 1. The molecular formula is C19H20N4O3. The van der Waals surface area contributed by atoms with Gasteiger partial charge in [0.1, 0.15) is 11.8 Å². The minimum Gasteiger partial charge on any atom is -0.493 e. The van der Waals surface area contributed by atoms with Crippen molar-refractivity contribution in [1.29, 1.82) is 5.26 Å². The van der Waals surface area contributed by atoms with Crippen LogP contribution in [0.2, 0.25) is 0 Å². The lowest BCUT2D eigenvalue weighted by atomic mass is 10.1. The molecule has 2 amide bonds. The molecule has 0 unspecified atom stereocenters. The van der Waals surface area contributed by atoms with Crippen LogP contribution in [0.5, 0.6) is 5.75 Å². The van der Waals surface area contributed by atoms with Gasteiger partial charge in [-0.2, -0.15) is 5.26 Å². The molecule has 0 heterocycles. The molecule has 7 heteroatoms. The number of benzene rings is 2. The SMILES string of the molecule is CCOc1cc(NC(C)=O)ccc1C(=O)NN[C@@H](C#N)c1ccccc1. The third kappa shape index (κ3) is 5.06. The normalized spacial score (nSPS) is 11.1. The Hall–Kier alpha value is -3.37. The quantitative estimate of drug-likeness (QED) is 0.665. The molecule has 0 saturated heterocycles. The number of hydrogen-bond acceptors (Lipinski definition) is 5. The summed E-state index contributed by atoms with van der Waals surface area (Å²) < 4.78 is 5.49. The third-order valence-electron chi connectivity index (χ3n) is 3.44. The largest absolute Gasteiger partial charge is 0.493 e. The van der Waals surface area contributed by atoms with Gasteiger partial charge in [0.05, 0.1) is 18.2 Å². The Kier molecular flexibility index (Phi) is 6.71. The zero-order chi connectivity index (χ0) is 18.9. The number of nitrogens with zero attached hydrogens (tertiary/aromatic N) is 1. The van der Waals surface area contributed by atoms with Gasteiger partial charge in [-0.1, -0.05) is 30.3 Å². The number of carbonyl (C=O) groups is 2. The molecule has 2 aromatic rings. The summed E-state index contributed by atoms with van der Waals surface area (Å²) in [5.74, 6) is -0.323. The minimum absolute atomic E-state index is 0.217. The molecule has 1 atom stereocenters. The fourth-order valence-electron chi connectivity index (χ4n) is 2.31. The Bertz CT molecular complexity index is 815. The summed E-state index contributed by atoms with van der Waals surface area (Å²) in [7, 11) is 0. The van der Waals surface area contributed by atoms with Crippen molar-refractivity contribution in [3.63, 3.8) is 0 Å². The first-order valence-corrected chi connectivity index (χ1v) is 8.10. The van der Waals surface area contributed by atoms with Gasteiger partial charge in [-0.3, -0.25) is 15.0 Å². The first-order valence-electron chi connectivity index (χ1n) is 8.10. The average Bonchev–Trinajstić information content (AvgIpc) is 2.63. The minimum atomic E-state index is -0.686. The van der Waals surface area contributed by atoms with Crippen molar-refractivity contribution >= 4 is 17.5 Å². The highest BCUT2D eigenvalue weighted by Crippen LogP contribution is 2.23. The second-order valence-electron chi connectivity index (χ2n) is 5.40. The number of anilines is 1. The highest BCUT2D eigenvalue weighted by Gasteiger charge is 2.16.